The highest BCUT2D eigenvalue weighted by atomic mass is 19.1. The van der Waals surface area contributed by atoms with E-state index in [0.717, 1.165) is 0 Å². The lowest BCUT2D eigenvalue weighted by Crippen LogP contribution is -2.41. The molecule has 1 aliphatic rings. The van der Waals surface area contributed by atoms with Crippen LogP contribution >= 0.6 is 0 Å². The quantitative estimate of drug-likeness (QED) is 0.766. The fourth-order valence-electron chi connectivity index (χ4n) is 3.33. The second-order valence-corrected chi connectivity index (χ2v) is 6.62. The first-order chi connectivity index (χ1) is 13.0. The Kier molecular flexibility index (Phi) is 4.39. The summed E-state index contributed by atoms with van der Waals surface area (Å²) in [5.41, 5.74) is 1.71. The summed E-state index contributed by atoms with van der Waals surface area (Å²) in [5, 5.41) is 0. The van der Waals surface area contributed by atoms with Crippen molar-refractivity contribution in [3.05, 3.63) is 58.4 Å². The van der Waals surface area contributed by atoms with Crippen LogP contribution in [0.5, 0.6) is 5.88 Å². The highest BCUT2D eigenvalue weighted by molar-refractivity contribution is 5.97. The van der Waals surface area contributed by atoms with Crippen molar-refractivity contribution >= 4 is 16.9 Å². The first-order valence-corrected chi connectivity index (χ1v) is 8.78. The average molecular weight is 370 g/mol. The summed E-state index contributed by atoms with van der Waals surface area (Å²) in [6.45, 7) is 1.03. The number of aromatic amines is 1. The van der Waals surface area contributed by atoms with Crippen molar-refractivity contribution in [3.8, 4) is 5.88 Å². The number of benzene rings is 1. The molecule has 3 aromatic rings. The first kappa shape index (κ1) is 17.3. The molecule has 140 valence electrons. The number of nitrogens with zero attached hydrogens (tertiary/aromatic N) is 3. The topological polar surface area (TPSA) is 80.2 Å². The molecule has 8 heteroatoms. The summed E-state index contributed by atoms with van der Waals surface area (Å²) in [4.78, 5) is 32.9. The van der Waals surface area contributed by atoms with E-state index in [1.54, 1.807) is 30.1 Å². The van der Waals surface area contributed by atoms with Gasteiger partial charge in [-0.3, -0.25) is 9.36 Å². The van der Waals surface area contributed by atoms with E-state index in [2.05, 4.69) is 9.97 Å². The Labute approximate surface area is 154 Å². The van der Waals surface area contributed by atoms with Gasteiger partial charge in [-0.05, 0) is 30.3 Å². The number of nitrogens with one attached hydrogen (secondary N) is 1. The van der Waals surface area contributed by atoms with Gasteiger partial charge in [0.15, 0.2) is 5.82 Å². The van der Waals surface area contributed by atoms with Crippen LogP contribution in [-0.2, 0) is 7.05 Å². The molecule has 0 bridgehead atoms. The molecule has 0 radical (unpaired) electrons. The molecular weight excluding hydrogens is 351 g/mol. The minimum absolute atomic E-state index is 0.00102. The number of carbonyl (C=O) groups is 1. The number of hydrogen-bond acceptors (Lipinski definition) is 4. The number of H-pyrrole nitrogens is 1. The van der Waals surface area contributed by atoms with Crippen molar-refractivity contribution in [2.45, 2.75) is 18.9 Å². The van der Waals surface area contributed by atoms with Crippen LogP contribution in [-0.4, -0.2) is 44.5 Å². The van der Waals surface area contributed by atoms with Gasteiger partial charge in [0.05, 0.1) is 11.0 Å². The lowest BCUT2D eigenvalue weighted by Gasteiger charge is -2.32. The third kappa shape index (κ3) is 3.30. The molecule has 7 nitrogen and oxygen atoms in total. The molecule has 0 saturated carbocycles. The number of rotatable bonds is 3. The zero-order valence-corrected chi connectivity index (χ0v) is 14.8. The summed E-state index contributed by atoms with van der Waals surface area (Å²) < 4.78 is 20.8. The van der Waals surface area contributed by atoms with E-state index in [-0.39, 0.29) is 23.6 Å². The molecule has 3 heterocycles. The van der Waals surface area contributed by atoms with Crippen LogP contribution in [0.1, 0.15) is 23.2 Å². The van der Waals surface area contributed by atoms with Crippen molar-refractivity contribution < 1.29 is 13.9 Å². The van der Waals surface area contributed by atoms with Crippen LogP contribution < -0.4 is 10.4 Å². The Balaban J connectivity index is 1.43. The number of amides is 1. The van der Waals surface area contributed by atoms with Gasteiger partial charge < -0.3 is 14.6 Å². The van der Waals surface area contributed by atoms with Gasteiger partial charge in [0, 0.05) is 44.7 Å². The van der Waals surface area contributed by atoms with Crippen LogP contribution in [0.4, 0.5) is 4.39 Å². The molecule has 1 amide bonds. The highest BCUT2D eigenvalue weighted by Crippen LogP contribution is 2.21. The van der Waals surface area contributed by atoms with Crippen molar-refractivity contribution in [2.75, 3.05) is 13.1 Å². The summed E-state index contributed by atoms with van der Waals surface area (Å²) in [6.07, 6.45) is 2.52. The van der Waals surface area contributed by atoms with Gasteiger partial charge in [0.2, 0.25) is 0 Å². The predicted octanol–water partition coefficient (Wildman–Crippen LogP) is 2.08. The lowest BCUT2D eigenvalue weighted by molar-refractivity contribution is 0.0579. The number of halogens is 1. The summed E-state index contributed by atoms with van der Waals surface area (Å²) in [5.74, 6) is -0.574. The molecule has 0 aliphatic carbocycles. The Morgan fingerprint density at radius 3 is 2.81 bits per heavy atom. The van der Waals surface area contributed by atoms with Crippen LogP contribution in [0.25, 0.3) is 11.0 Å². The fraction of sp³-hybridized carbons (Fsp3) is 0.316. The zero-order chi connectivity index (χ0) is 19.0. The third-order valence-corrected chi connectivity index (χ3v) is 4.88. The highest BCUT2D eigenvalue weighted by Gasteiger charge is 2.26. The maximum absolute atomic E-state index is 13.7. The van der Waals surface area contributed by atoms with E-state index in [0.29, 0.717) is 42.5 Å². The molecule has 1 fully saturated rings. The molecule has 0 spiro atoms. The number of imidazole rings is 1. The number of fused-ring (bicyclic) bond motifs is 1. The van der Waals surface area contributed by atoms with Crippen LogP contribution in [0.15, 0.2) is 41.3 Å². The van der Waals surface area contributed by atoms with Gasteiger partial charge in [0.25, 0.3) is 11.8 Å². The normalized spacial score (nSPS) is 15.3. The Hall–Kier alpha value is -3.16. The number of ether oxygens (including phenoxy) is 1. The minimum Gasteiger partial charge on any atom is -0.472 e. The molecule has 0 atom stereocenters. The van der Waals surface area contributed by atoms with Crippen molar-refractivity contribution in [1.82, 2.24) is 19.4 Å². The number of pyridine rings is 1. The number of hydrogen-bond donors (Lipinski definition) is 1. The maximum Gasteiger partial charge on any atom is 0.326 e. The predicted molar refractivity (Wildman–Crippen MR) is 97.3 cm³/mol. The Bertz CT molecular complexity index is 1050. The standard InChI is InChI=1S/C19H19FN4O3/c1-23-16-11-12(4-5-15(16)22-19(23)26)18(25)24-9-6-13(7-10-24)27-17-14(20)3-2-8-21-17/h2-5,8,11,13H,6-7,9-10H2,1H3,(H,22,26). The van der Waals surface area contributed by atoms with E-state index in [1.165, 1.54) is 22.9 Å². The molecule has 0 unspecified atom stereocenters. The van der Waals surface area contributed by atoms with E-state index < -0.39 is 5.82 Å². The first-order valence-electron chi connectivity index (χ1n) is 8.78. The molecular formula is C19H19FN4O3. The van der Waals surface area contributed by atoms with Crippen LogP contribution in [0, 0.1) is 5.82 Å². The molecule has 1 saturated heterocycles. The second kappa shape index (κ2) is 6.86. The van der Waals surface area contributed by atoms with Crippen LogP contribution in [0.3, 0.4) is 0 Å². The van der Waals surface area contributed by atoms with Crippen molar-refractivity contribution in [3.63, 3.8) is 0 Å². The van der Waals surface area contributed by atoms with Gasteiger partial charge in [-0.2, -0.15) is 0 Å². The van der Waals surface area contributed by atoms with E-state index in [9.17, 15) is 14.0 Å². The number of aryl methyl sites for hydroxylation is 1. The second-order valence-electron chi connectivity index (χ2n) is 6.62. The average Bonchev–Trinajstić information content (AvgIpc) is 2.97. The van der Waals surface area contributed by atoms with Crippen molar-refractivity contribution in [1.29, 1.82) is 0 Å². The van der Waals surface area contributed by atoms with E-state index in [4.69, 9.17) is 4.74 Å². The summed E-state index contributed by atoms with van der Waals surface area (Å²) >= 11 is 0. The van der Waals surface area contributed by atoms with Crippen LogP contribution in [0.2, 0.25) is 0 Å². The molecule has 1 aromatic carbocycles. The summed E-state index contributed by atoms with van der Waals surface area (Å²) in [6, 6.07) is 8.00. The smallest absolute Gasteiger partial charge is 0.326 e. The lowest BCUT2D eigenvalue weighted by atomic mass is 10.1. The molecule has 27 heavy (non-hydrogen) atoms. The van der Waals surface area contributed by atoms with Gasteiger partial charge in [-0.25, -0.2) is 14.2 Å². The largest absolute Gasteiger partial charge is 0.472 e. The molecule has 4 rings (SSSR count). The number of likely N-dealkylation sites (tertiary alicyclic amines) is 1. The van der Waals surface area contributed by atoms with Gasteiger partial charge in [-0.15, -0.1) is 0 Å². The molecule has 1 N–H and O–H groups in total. The van der Waals surface area contributed by atoms with Gasteiger partial charge in [0.1, 0.15) is 6.10 Å². The fourth-order valence-corrected chi connectivity index (χ4v) is 3.33. The maximum atomic E-state index is 13.7. The number of carbonyl (C=O) groups excluding carboxylic acids is 1. The van der Waals surface area contributed by atoms with Gasteiger partial charge in [-0.1, -0.05) is 0 Å². The van der Waals surface area contributed by atoms with E-state index in [1.807, 2.05) is 0 Å². The Morgan fingerprint density at radius 1 is 1.30 bits per heavy atom. The molecule has 2 aromatic heterocycles. The van der Waals surface area contributed by atoms with E-state index >= 15 is 0 Å². The SMILES string of the molecule is Cn1c(=O)[nH]c2ccc(C(=O)N3CCC(Oc4ncccc4F)CC3)cc21. The summed E-state index contributed by atoms with van der Waals surface area (Å²) in [7, 11) is 1.66. The number of piperidine rings is 1. The third-order valence-electron chi connectivity index (χ3n) is 4.88. The minimum atomic E-state index is -0.485. The van der Waals surface area contributed by atoms with Crippen molar-refractivity contribution in [2.24, 2.45) is 7.05 Å². The number of aromatic nitrogens is 3. The zero-order valence-electron chi connectivity index (χ0n) is 14.8. The van der Waals surface area contributed by atoms with Gasteiger partial charge >= 0.3 is 5.69 Å². The monoisotopic (exact) mass is 370 g/mol. The Morgan fingerprint density at radius 2 is 2.07 bits per heavy atom. The molecule has 1 aliphatic heterocycles.